The molecule has 2 amide bonds. The highest BCUT2D eigenvalue weighted by Crippen LogP contribution is 2.18. The number of amides is 2. The highest BCUT2D eigenvalue weighted by atomic mass is 16.5. The summed E-state index contributed by atoms with van der Waals surface area (Å²) in [5.74, 6) is 0.271. The summed E-state index contributed by atoms with van der Waals surface area (Å²) in [5.41, 5.74) is 2.68. The van der Waals surface area contributed by atoms with E-state index in [1.165, 1.54) is 0 Å². The number of nitrogens with zero attached hydrogens (tertiary/aromatic N) is 1. The molecule has 0 saturated carbocycles. The smallest absolute Gasteiger partial charge is 0.258 e. The predicted molar refractivity (Wildman–Crippen MR) is 91.0 cm³/mol. The third kappa shape index (κ3) is 5.39. The first-order chi connectivity index (χ1) is 11.6. The van der Waals surface area contributed by atoms with Gasteiger partial charge in [-0.1, -0.05) is 17.7 Å². The first kappa shape index (κ1) is 17.5. The first-order valence-corrected chi connectivity index (χ1v) is 7.71. The van der Waals surface area contributed by atoms with Gasteiger partial charge in [0.15, 0.2) is 6.61 Å². The zero-order valence-corrected chi connectivity index (χ0v) is 13.8. The lowest BCUT2D eigenvalue weighted by molar-refractivity contribution is -0.123. The van der Waals surface area contributed by atoms with Crippen molar-refractivity contribution in [3.63, 3.8) is 0 Å². The van der Waals surface area contributed by atoms with E-state index < -0.39 is 0 Å². The van der Waals surface area contributed by atoms with E-state index in [2.05, 4.69) is 15.6 Å². The molecule has 2 rings (SSSR count). The molecule has 1 aromatic heterocycles. The summed E-state index contributed by atoms with van der Waals surface area (Å²) >= 11 is 0. The number of pyridine rings is 1. The number of nitrogens with one attached hydrogen (secondary N) is 2. The number of aryl methyl sites for hydroxylation is 2. The molecule has 0 aliphatic rings. The molecule has 126 valence electrons. The zero-order valence-electron chi connectivity index (χ0n) is 13.8. The molecule has 0 aliphatic carbocycles. The number of hydrogen-bond acceptors (Lipinski definition) is 4. The van der Waals surface area contributed by atoms with E-state index in [4.69, 9.17) is 4.74 Å². The lowest BCUT2D eigenvalue weighted by atomic mass is 10.1. The summed E-state index contributed by atoms with van der Waals surface area (Å²) in [7, 11) is 0. The van der Waals surface area contributed by atoms with E-state index >= 15 is 0 Å². The van der Waals surface area contributed by atoms with E-state index in [0.717, 1.165) is 11.1 Å². The number of aromatic nitrogens is 1. The SMILES string of the molecule is Cc1ccc(OCC(=O)NCCNC(=O)c2ccncc2)c(C)c1. The lowest BCUT2D eigenvalue weighted by Crippen LogP contribution is -2.36. The van der Waals surface area contributed by atoms with Gasteiger partial charge in [0.2, 0.25) is 0 Å². The summed E-state index contributed by atoms with van der Waals surface area (Å²) in [5, 5.41) is 5.42. The van der Waals surface area contributed by atoms with Crippen LogP contribution in [0.5, 0.6) is 5.75 Å². The van der Waals surface area contributed by atoms with Crippen LogP contribution in [-0.2, 0) is 4.79 Å². The van der Waals surface area contributed by atoms with Crippen molar-refractivity contribution in [3.8, 4) is 5.75 Å². The summed E-state index contributed by atoms with van der Waals surface area (Å²) in [6, 6.07) is 9.06. The molecular formula is C18H21N3O3. The van der Waals surface area contributed by atoms with Crippen molar-refractivity contribution in [1.29, 1.82) is 0 Å². The molecule has 0 aliphatic heterocycles. The van der Waals surface area contributed by atoms with Crippen LogP contribution in [0.4, 0.5) is 0 Å². The summed E-state index contributed by atoms with van der Waals surface area (Å²) in [4.78, 5) is 27.4. The number of carbonyl (C=O) groups is 2. The van der Waals surface area contributed by atoms with E-state index in [0.29, 0.717) is 24.4 Å². The van der Waals surface area contributed by atoms with Crippen molar-refractivity contribution in [1.82, 2.24) is 15.6 Å². The van der Waals surface area contributed by atoms with Gasteiger partial charge in [0.1, 0.15) is 5.75 Å². The standard InChI is InChI=1S/C18H21N3O3/c1-13-3-4-16(14(2)11-13)24-12-17(22)20-9-10-21-18(23)15-5-7-19-8-6-15/h3-8,11H,9-10,12H2,1-2H3,(H,20,22)(H,21,23). The van der Waals surface area contributed by atoms with Crippen molar-refractivity contribution in [2.45, 2.75) is 13.8 Å². The van der Waals surface area contributed by atoms with Gasteiger partial charge in [0.25, 0.3) is 11.8 Å². The van der Waals surface area contributed by atoms with E-state index in [-0.39, 0.29) is 18.4 Å². The maximum atomic E-state index is 11.8. The molecule has 0 radical (unpaired) electrons. The Balaban J connectivity index is 1.65. The fourth-order valence-electron chi connectivity index (χ4n) is 2.14. The minimum atomic E-state index is -0.229. The van der Waals surface area contributed by atoms with Crippen LogP contribution in [0.3, 0.4) is 0 Å². The lowest BCUT2D eigenvalue weighted by Gasteiger charge is -2.10. The average molecular weight is 327 g/mol. The maximum Gasteiger partial charge on any atom is 0.258 e. The van der Waals surface area contributed by atoms with Gasteiger partial charge in [-0.2, -0.15) is 0 Å². The molecule has 6 nitrogen and oxygen atoms in total. The molecule has 0 unspecified atom stereocenters. The van der Waals surface area contributed by atoms with Gasteiger partial charge in [-0.05, 0) is 37.6 Å². The van der Waals surface area contributed by atoms with Gasteiger partial charge in [0.05, 0.1) is 0 Å². The molecule has 2 N–H and O–H groups in total. The molecule has 0 saturated heterocycles. The molecule has 6 heteroatoms. The van der Waals surface area contributed by atoms with Gasteiger partial charge in [-0.3, -0.25) is 14.6 Å². The largest absolute Gasteiger partial charge is 0.484 e. The van der Waals surface area contributed by atoms with Gasteiger partial charge in [-0.25, -0.2) is 0 Å². The maximum absolute atomic E-state index is 11.8. The van der Waals surface area contributed by atoms with E-state index in [1.54, 1.807) is 24.5 Å². The second-order valence-corrected chi connectivity index (χ2v) is 5.40. The average Bonchev–Trinajstić information content (AvgIpc) is 2.58. The molecule has 0 spiro atoms. The van der Waals surface area contributed by atoms with Crippen LogP contribution in [0, 0.1) is 13.8 Å². The Morgan fingerprint density at radius 3 is 2.46 bits per heavy atom. The minimum Gasteiger partial charge on any atom is -0.484 e. The van der Waals surface area contributed by atoms with Crippen LogP contribution < -0.4 is 15.4 Å². The van der Waals surface area contributed by atoms with Crippen LogP contribution in [0.1, 0.15) is 21.5 Å². The number of ether oxygens (including phenoxy) is 1. The normalized spacial score (nSPS) is 10.1. The van der Waals surface area contributed by atoms with Gasteiger partial charge >= 0.3 is 0 Å². The zero-order chi connectivity index (χ0) is 17.4. The molecule has 1 heterocycles. The van der Waals surface area contributed by atoms with Crippen molar-refractivity contribution < 1.29 is 14.3 Å². The molecule has 0 atom stereocenters. The van der Waals surface area contributed by atoms with E-state index in [1.807, 2.05) is 32.0 Å². The first-order valence-electron chi connectivity index (χ1n) is 7.71. The highest BCUT2D eigenvalue weighted by Gasteiger charge is 2.06. The molecule has 2 aromatic rings. The Hall–Kier alpha value is -2.89. The Kier molecular flexibility index (Phi) is 6.31. The van der Waals surface area contributed by atoms with Crippen molar-refractivity contribution in [2.75, 3.05) is 19.7 Å². The van der Waals surface area contributed by atoms with Crippen molar-refractivity contribution >= 4 is 11.8 Å². The quantitative estimate of drug-likeness (QED) is 0.757. The molecule has 24 heavy (non-hydrogen) atoms. The highest BCUT2D eigenvalue weighted by molar-refractivity contribution is 5.93. The van der Waals surface area contributed by atoms with Crippen LogP contribution in [0.15, 0.2) is 42.7 Å². The number of rotatable bonds is 7. The van der Waals surface area contributed by atoms with Crippen LogP contribution in [0.2, 0.25) is 0 Å². The molecule has 1 aromatic carbocycles. The number of carbonyl (C=O) groups excluding carboxylic acids is 2. The van der Waals surface area contributed by atoms with Gasteiger partial charge in [0, 0.05) is 31.0 Å². The third-order valence-corrected chi connectivity index (χ3v) is 3.36. The Morgan fingerprint density at radius 1 is 1.04 bits per heavy atom. The van der Waals surface area contributed by atoms with Crippen LogP contribution in [-0.4, -0.2) is 36.5 Å². The fraction of sp³-hybridized carbons (Fsp3) is 0.278. The Bertz CT molecular complexity index is 702. The van der Waals surface area contributed by atoms with Crippen molar-refractivity contribution in [3.05, 3.63) is 59.4 Å². The molecule has 0 fully saturated rings. The molecule has 0 bridgehead atoms. The fourth-order valence-corrected chi connectivity index (χ4v) is 2.14. The van der Waals surface area contributed by atoms with Crippen LogP contribution >= 0.6 is 0 Å². The predicted octanol–water partition coefficient (Wildman–Crippen LogP) is 1.62. The second-order valence-electron chi connectivity index (χ2n) is 5.40. The van der Waals surface area contributed by atoms with Gasteiger partial charge in [-0.15, -0.1) is 0 Å². The number of benzene rings is 1. The Labute approximate surface area is 141 Å². The minimum absolute atomic E-state index is 0.0534. The summed E-state index contributed by atoms with van der Waals surface area (Å²) in [6.45, 7) is 4.57. The summed E-state index contributed by atoms with van der Waals surface area (Å²) in [6.07, 6.45) is 3.11. The topological polar surface area (TPSA) is 80.3 Å². The monoisotopic (exact) mass is 327 g/mol. The van der Waals surface area contributed by atoms with E-state index in [9.17, 15) is 9.59 Å². The van der Waals surface area contributed by atoms with Crippen LogP contribution in [0.25, 0.3) is 0 Å². The molecular weight excluding hydrogens is 306 g/mol. The van der Waals surface area contributed by atoms with Gasteiger partial charge < -0.3 is 15.4 Å². The third-order valence-electron chi connectivity index (χ3n) is 3.36. The summed E-state index contributed by atoms with van der Waals surface area (Å²) < 4.78 is 5.49. The van der Waals surface area contributed by atoms with Crippen molar-refractivity contribution in [2.24, 2.45) is 0 Å². The second kappa shape index (κ2) is 8.67. The Morgan fingerprint density at radius 2 is 1.75 bits per heavy atom. The number of hydrogen-bond donors (Lipinski definition) is 2.